The average molecular weight is 696 g/mol. The summed E-state index contributed by atoms with van der Waals surface area (Å²) in [5.74, 6) is -1.00. The molecular weight excluding hydrogens is 668 g/mol. The quantitative estimate of drug-likeness (QED) is 0.173. The molecule has 0 aliphatic rings. The van der Waals surface area contributed by atoms with E-state index in [-0.39, 0.29) is 28.6 Å². The summed E-state index contributed by atoms with van der Waals surface area (Å²) in [6.07, 6.45) is 7.00. The van der Waals surface area contributed by atoms with Crippen LogP contribution in [0.1, 0.15) is 0 Å². The van der Waals surface area contributed by atoms with E-state index in [1.165, 1.54) is 0 Å². The largest absolute Gasteiger partial charge is 2.00 e. The number of benzene rings is 4. The minimum atomic E-state index is -0.597. The van der Waals surface area contributed by atoms with Crippen molar-refractivity contribution >= 4 is 21.9 Å². The van der Waals surface area contributed by atoms with E-state index in [0.717, 1.165) is 0 Å². The summed E-state index contributed by atoms with van der Waals surface area (Å²) < 4.78 is 11.1. The molecule has 0 bridgehead atoms. The predicted molar refractivity (Wildman–Crippen MR) is 183 cm³/mol. The Balaban J connectivity index is 0.000000163. The van der Waals surface area contributed by atoms with Gasteiger partial charge in [-0.2, -0.15) is 0 Å². The van der Waals surface area contributed by atoms with Crippen molar-refractivity contribution in [1.29, 1.82) is 0 Å². The molecule has 9 heteroatoms. The van der Waals surface area contributed by atoms with Crippen LogP contribution in [0.3, 0.4) is 0 Å². The zero-order chi connectivity index (χ0) is 33.6. The Morgan fingerprint density at radius 2 is 0.714 bits per heavy atom. The van der Waals surface area contributed by atoms with E-state index in [1.54, 1.807) is 122 Å². The van der Waals surface area contributed by atoms with Gasteiger partial charge in [0.05, 0.1) is 10.8 Å². The van der Waals surface area contributed by atoms with Crippen LogP contribution in [0.15, 0.2) is 189 Å². The first kappa shape index (κ1) is 35.6. The summed E-state index contributed by atoms with van der Waals surface area (Å²) in [5.41, 5.74) is 1.06. The molecule has 0 saturated carbocycles. The molecule has 8 aromatic rings. The van der Waals surface area contributed by atoms with Crippen LogP contribution in [0.5, 0.6) is 11.5 Å². The molecule has 49 heavy (non-hydrogen) atoms. The first-order valence-corrected chi connectivity index (χ1v) is 14.8. The van der Waals surface area contributed by atoms with Gasteiger partial charge in [-0.25, -0.2) is 0 Å². The summed E-state index contributed by atoms with van der Waals surface area (Å²) >= 11 is 0. The molecule has 0 atom stereocenters. The second kappa shape index (κ2) is 18.2. The first-order chi connectivity index (χ1) is 23.5. The molecule has 0 aliphatic heterocycles. The van der Waals surface area contributed by atoms with Gasteiger partial charge in [0.2, 0.25) is 0 Å². The summed E-state index contributed by atoms with van der Waals surface area (Å²) in [7, 11) is 0. The van der Waals surface area contributed by atoms with Gasteiger partial charge in [-0.05, 0) is 60.0 Å². The van der Waals surface area contributed by atoms with E-state index in [4.69, 9.17) is 8.83 Å². The standard InChI is InChI=1S/2C15H10O3.2C5H5N.Cu/c2*16-13-11-8-4-5-9-12(11)18-15(14(13)17)10-6-2-1-3-7-10;2*1-2-4-6-5-3-1;/h2*1-9,17H;2*1-5H;/q;;;;+2/p-2. The number of fused-ring (bicyclic) bond motifs is 2. The van der Waals surface area contributed by atoms with Crippen LogP contribution in [0, 0.1) is 0 Å². The van der Waals surface area contributed by atoms with Crippen LogP contribution in [0.2, 0.25) is 0 Å². The summed E-state index contributed by atoms with van der Waals surface area (Å²) in [4.78, 5) is 31.5. The van der Waals surface area contributed by atoms with Gasteiger partial charge >= 0.3 is 17.1 Å². The maximum atomic E-state index is 12.0. The predicted octanol–water partition coefficient (Wildman–Crippen LogP) is 7.23. The summed E-state index contributed by atoms with van der Waals surface area (Å²) in [6, 6.07) is 42.8. The molecule has 0 amide bonds. The van der Waals surface area contributed by atoms with Crippen molar-refractivity contribution in [3.63, 3.8) is 0 Å². The molecule has 245 valence electrons. The van der Waals surface area contributed by atoms with E-state index >= 15 is 0 Å². The maximum Gasteiger partial charge on any atom is 2.00 e. The van der Waals surface area contributed by atoms with E-state index in [1.807, 2.05) is 48.5 Å². The zero-order valence-electron chi connectivity index (χ0n) is 25.8. The number of nitrogens with zero attached hydrogens (tertiary/aromatic N) is 2. The van der Waals surface area contributed by atoms with Crippen LogP contribution in [-0.2, 0) is 17.1 Å². The van der Waals surface area contributed by atoms with Crippen molar-refractivity contribution in [3.8, 4) is 34.1 Å². The summed E-state index contributed by atoms with van der Waals surface area (Å²) in [5, 5.41) is 24.6. The molecule has 0 fully saturated rings. The van der Waals surface area contributed by atoms with Gasteiger partial charge < -0.3 is 19.0 Å². The Labute approximate surface area is 292 Å². The minimum absolute atomic E-state index is 0. The van der Waals surface area contributed by atoms with Crippen molar-refractivity contribution < 1.29 is 36.1 Å². The van der Waals surface area contributed by atoms with Crippen molar-refractivity contribution in [3.05, 3.63) is 191 Å². The van der Waals surface area contributed by atoms with E-state index < -0.39 is 22.4 Å². The molecular formula is C40H28CuN2O6. The number of hydrogen-bond acceptors (Lipinski definition) is 8. The normalized spacial score (nSPS) is 9.80. The smallest absolute Gasteiger partial charge is 0.867 e. The number of para-hydroxylation sites is 2. The molecule has 4 aromatic carbocycles. The maximum absolute atomic E-state index is 12.0. The van der Waals surface area contributed by atoms with Gasteiger partial charge in [0, 0.05) is 35.9 Å². The van der Waals surface area contributed by atoms with Crippen LogP contribution in [0.25, 0.3) is 44.6 Å². The monoisotopic (exact) mass is 695 g/mol. The number of aromatic nitrogens is 2. The third-order valence-electron chi connectivity index (χ3n) is 6.72. The molecule has 0 N–H and O–H groups in total. The molecule has 8 nitrogen and oxygen atoms in total. The van der Waals surface area contributed by atoms with Crippen LogP contribution >= 0.6 is 0 Å². The zero-order valence-corrected chi connectivity index (χ0v) is 26.8. The Kier molecular flexibility index (Phi) is 13.2. The Morgan fingerprint density at radius 1 is 0.408 bits per heavy atom. The fourth-order valence-electron chi connectivity index (χ4n) is 4.43. The first-order valence-electron chi connectivity index (χ1n) is 14.8. The van der Waals surface area contributed by atoms with Crippen molar-refractivity contribution in [2.24, 2.45) is 0 Å². The molecule has 0 aliphatic carbocycles. The van der Waals surface area contributed by atoms with Gasteiger partial charge in [-0.3, -0.25) is 19.6 Å². The summed E-state index contributed by atoms with van der Waals surface area (Å²) in [6.45, 7) is 0. The number of rotatable bonds is 2. The topological polar surface area (TPSA) is 132 Å². The second-order valence-corrected chi connectivity index (χ2v) is 9.95. The van der Waals surface area contributed by atoms with Gasteiger partial charge in [0.15, 0.2) is 10.9 Å². The van der Waals surface area contributed by atoms with E-state index in [0.29, 0.717) is 33.1 Å². The molecule has 8 rings (SSSR count). The SMILES string of the molecule is O=c1c([O-])c(-c2ccccc2)oc2ccccc12.O=c1c([O-])c(-c2ccccc2)oc2ccccc12.[Cu+2].c1ccncc1.c1ccncc1. The van der Waals surface area contributed by atoms with Gasteiger partial charge in [-0.15, -0.1) is 0 Å². The van der Waals surface area contributed by atoms with Crippen LogP contribution < -0.4 is 21.1 Å². The molecule has 0 unspecified atom stereocenters. The molecule has 0 spiro atoms. The molecule has 0 saturated heterocycles. The Hall–Kier alpha value is -6.28. The third-order valence-corrected chi connectivity index (χ3v) is 6.72. The molecule has 1 radical (unpaired) electrons. The molecule has 4 aromatic heterocycles. The Morgan fingerprint density at radius 3 is 1.02 bits per heavy atom. The van der Waals surface area contributed by atoms with Crippen molar-refractivity contribution in [1.82, 2.24) is 9.97 Å². The van der Waals surface area contributed by atoms with Crippen molar-refractivity contribution in [2.45, 2.75) is 0 Å². The van der Waals surface area contributed by atoms with E-state index in [9.17, 15) is 19.8 Å². The average Bonchev–Trinajstić information content (AvgIpc) is 3.17. The minimum Gasteiger partial charge on any atom is -0.867 e. The van der Waals surface area contributed by atoms with Crippen molar-refractivity contribution in [2.75, 3.05) is 0 Å². The molecule has 4 heterocycles. The fraction of sp³-hybridized carbons (Fsp3) is 0. The number of hydrogen-bond donors (Lipinski definition) is 0. The van der Waals surface area contributed by atoms with Crippen LogP contribution in [0.4, 0.5) is 0 Å². The van der Waals surface area contributed by atoms with Gasteiger partial charge in [-0.1, -0.05) is 97.1 Å². The van der Waals surface area contributed by atoms with Gasteiger partial charge in [0.25, 0.3) is 0 Å². The van der Waals surface area contributed by atoms with E-state index in [2.05, 4.69) is 9.97 Å². The number of pyridine rings is 2. The fourth-order valence-corrected chi connectivity index (χ4v) is 4.43. The van der Waals surface area contributed by atoms with Gasteiger partial charge in [0.1, 0.15) is 22.7 Å². The van der Waals surface area contributed by atoms with Crippen LogP contribution in [-0.4, -0.2) is 9.97 Å². The third kappa shape index (κ3) is 9.39. The Bertz CT molecular complexity index is 2080. The second-order valence-electron chi connectivity index (χ2n) is 9.95.